The highest BCUT2D eigenvalue weighted by atomic mass is 19.2. The molecule has 4 heteroatoms. The minimum absolute atomic E-state index is 0.259. The van der Waals surface area contributed by atoms with E-state index in [1.54, 1.807) is 12.1 Å². The molecule has 3 saturated carbocycles. The molecule has 142 valence electrons. The molecule has 3 fully saturated rings. The van der Waals surface area contributed by atoms with Crippen LogP contribution in [0.4, 0.5) is 8.78 Å². The van der Waals surface area contributed by atoms with Crippen LogP contribution in [0.15, 0.2) is 24.3 Å². The first-order valence-corrected chi connectivity index (χ1v) is 9.82. The zero-order chi connectivity index (χ0) is 18.8. The van der Waals surface area contributed by atoms with Crippen LogP contribution in [0.2, 0.25) is 0 Å². The van der Waals surface area contributed by atoms with Crippen molar-refractivity contribution >= 4 is 5.97 Å². The first kappa shape index (κ1) is 19.1. The van der Waals surface area contributed by atoms with E-state index >= 15 is 0 Å². The zero-order valence-corrected chi connectivity index (χ0v) is 15.7. The van der Waals surface area contributed by atoms with Gasteiger partial charge in [0, 0.05) is 6.08 Å². The fourth-order valence-corrected chi connectivity index (χ4v) is 4.95. The Morgan fingerprint density at radius 3 is 2.31 bits per heavy atom. The Kier molecular flexibility index (Phi) is 5.50. The second-order valence-corrected chi connectivity index (χ2v) is 8.00. The Bertz CT molecular complexity index is 684. The smallest absolute Gasteiger partial charge is 0.335 e. The number of fused-ring (bicyclic) bond motifs is 3. The van der Waals surface area contributed by atoms with Crippen LogP contribution >= 0.6 is 0 Å². The molecule has 0 radical (unpaired) electrons. The number of allylic oxidation sites excluding steroid dienone is 1. The number of ether oxygens (including phenoxy) is 1. The number of rotatable bonds is 6. The van der Waals surface area contributed by atoms with Crippen molar-refractivity contribution in [2.45, 2.75) is 77.0 Å². The van der Waals surface area contributed by atoms with Gasteiger partial charge < -0.3 is 4.74 Å². The molecule has 0 N–H and O–H groups in total. The van der Waals surface area contributed by atoms with Crippen molar-refractivity contribution in [1.29, 1.82) is 0 Å². The van der Waals surface area contributed by atoms with Crippen LogP contribution in [-0.4, -0.2) is 5.97 Å². The SMILES string of the molecule is CC/C=C/C(=O)Oc1ccc(C23CCC(CCC)(CC2)CC3)c(F)c1F. The van der Waals surface area contributed by atoms with Crippen LogP contribution in [0.25, 0.3) is 0 Å². The van der Waals surface area contributed by atoms with Crippen LogP contribution in [0.5, 0.6) is 5.75 Å². The van der Waals surface area contributed by atoms with E-state index in [2.05, 4.69) is 6.92 Å². The van der Waals surface area contributed by atoms with E-state index in [4.69, 9.17) is 4.74 Å². The highest BCUT2D eigenvalue weighted by molar-refractivity contribution is 5.84. The van der Waals surface area contributed by atoms with Crippen LogP contribution in [0.3, 0.4) is 0 Å². The van der Waals surface area contributed by atoms with Gasteiger partial charge in [-0.05, 0) is 73.8 Å². The second-order valence-electron chi connectivity index (χ2n) is 8.00. The summed E-state index contributed by atoms with van der Waals surface area (Å²) in [5.41, 5.74) is 0.626. The third-order valence-electron chi connectivity index (χ3n) is 6.50. The summed E-state index contributed by atoms with van der Waals surface area (Å²) in [6, 6.07) is 3.03. The van der Waals surface area contributed by atoms with Gasteiger partial charge in [0.15, 0.2) is 11.6 Å². The lowest BCUT2D eigenvalue weighted by Crippen LogP contribution is -2.44. The number of carbonyl (C=O) groups is 1. The summed E-state index contributed by atoms with van der Waals surface area (Å²) < 4.78 is 34.4. The van der Waals surface area contributed by atoms with E-state index in [-0.39, 0.29) is 11.2 Å². The molecule has 2 bridgehead atoms. The average molecular weight is 362 g/mol. The Morgan fingerprint density at radius 1 is 1.08 bits per heavy atom. The largest absolute Gasteiger partial charge is 0.420 e. The van der Waals surface area contributed by atoms with E-state index in [1.807, 2.05) is 6.92 Å². The van der Waals surface area contributed by atoms with Crippen molar-refractivity contribution in [3.63, 3.8) is 0 Å². The standard InChI is InChI=1S/C22H28F2O2/c1-3-5-6-18(25)26-17-8-7-16(19(23)20(17)24)22-13-10-21(9-4-2,11-14-22)12-15-22/h5-8H,3-4,9-15H2,1-2H3/b6-5+. The van der Waals surface area contributed by atoms with Crippen LogP contribution in [0.1, 0.15) is 77.2 Å². The fourth-order valence-electron chi connectivity index (χ4n) is 4.95. The minimum Gasteiger partial charge on any atom is -0.420 e. The molecule has 0 aromatic heterocycles. The van der Waals surface area contributed by atoms with Crippen LogP contribution in [0, 0.1) is 17.0 Å². The summed E-state index contributed by atoms with van der Waals surface area (Å²) in [5, 5.41) is 0. The molecule has 0 aliphatic heterocycles. The normalized spacial score (nSPS) is 27.8. The first-order chi connectivity index (χ1) is 12.5. The predicted molar refractivity (Wildman–Crippen MR) is 98.1 cm³/mol. The van der Waals surface area contributed by atoms with E-state index in [1.165, 1.54) is 25.0 Å². The number of benzene rings is 1. The van der Waals surface area contributed by atoms with Crippen LogP contribution < -0.4 is 4.74 Å². The molecular formula is C22H28F2O2. The number of carbonyl (C=O) groups excluding carboxylic acids is 1. The van der Waals surface area contributed by atoms with E-state index in [0.29, 0.717) is 17.4 Å². The third kappa shape index (κ3) is 3.43. The van der Waals surface area contributed by atoms with E-state index in [0.717, 1.165) is 38.5 Å². The van der Waals surface area contributed by atoms with Gasteiger partial charge in [-0.1, -0.05) is 32.4 Å². The van der Waals surface area contributed by atoms with E-state index in [9.17, 15) is 13.6 Å². The monoisotopic (exact) mass is 362 g/mol. The van der Waals surface area contributed by atoms with Crippen molar-refractivity contribution in [3.8, 4) is 5.75 Å². The Hall–Kier alpha value is -1.71. The first-order valence-electron chi connectivity index (χ1n) is 9.82. The Morgan fingerprint density at radius 2 is 1.73 bits per heavy atom. The lowest BCUT2D eigenvalue weighted by molar-refractivity contribution is -0.129. The quantitative estimate of drug-likeness (QED) is 0.341. The maximum absolute atomic E-state index is 14.9. The lowest BCUT2D eigenvalue weighted by atomic mass is 9.51. The maximum atomic E-state index is 14.9. The van der Waals surface area contributed by atoms with Crippen molar-refractivity contribution in [3.05, 3.63) is 41.5 Å². The van der Waals surface area contributed by atoms with Gasteiger partial charge in [0.1, 0.15) is 0 Å². The third-order valence-corrected chi connectivity index (χ3v) is 6.50. The molecule has 1 aromatic rings. The summed E-state index contributed by atoms with van der Waals surface area (Å²) >= 11 is 0. The molecule has 3 aliphatic rings. The van der Waals surface area contributed by atoms with Gasteiger partial charge >= 0.3 is 5.97 Å². The molecule has 2 nitrogen and oxygen atoms in total. The molecule has 3 aliphatic carbocycles. The van der Waals surface area contributed by atoms with Crippen LogP contribution in [-0.2, 0) is 10.2 Å². The van der Waals surface area contributed by atoms with Gasteiger partial charge in [0.25, 0.3) is 0 Å². The molecule has 0 saturated heterocycles. The molecule has 0 atom stereocenters. The van der Waals surface area contributed by atoms with Crippen molar-refractivity contribution in [2.75, 3.05) is 0 Å². The van der Waals surface area contributed by atoms with E-state index < -0.39 is 17.6 Å². The van der Waals surface area contributed by atoms with Gasteiger partial charge in [-0.25, -0.2) is 9.18 Å². The summed E-state index contributed by atoms with van der Waals surface area (Å²) in [6.45, 7) is 4.09. The molecule has 0 heterocycles. The molecule has 0 spiro atoms. The minimum atomic E-state index is -1.05. The Balaban J connectivity index is 1.81. The molecular weight excluding hydrogens is 334 g/mol. The summed E-state index contributed by atoms with van der Waals surface area (Å²) in [5.74, 6) is -2.91. The van der Waals surface area contributed by atoms with Gasteiger partial charge in [-0.2, -0.15) is 4.39 Å². The topological polar surface area (TPSA) is 26.3 Å². The highest BCUT2D eigenvalue weighted by Gasteiger charge is 2.49. The number of esters is 1. The molecule has 1 aromatic carbocycles. The van der Waals surface area contributed by atoms with Crippen molar-refractivity contribution in [2.24, 2.45) is 5.41 Å². The maximum Gasteiger partial charge on any atom is 0.335 e. The molecule has 0 unspecified atom stereocenters. The fraction of sp³-hybridized carbons (Fsp3) is 0.591. The molecule has 4 rings (SSSR count). The highest BCUT2D eigenvalue weighted by Crippen LogP contribution is 2.59. The summed E-state index contributed by atoms with van der Waals surface area (Å²) in [4.78, 5) is 11.6. The number of halogens is 2. The molecule has 26 heavy (non-hydrogen) atoms. The van der Waals surface area contributed by atoms with Gasteiger partial charge in [0.2, 0.25) is 5.82 Å². The van der Waals surface area contributed by atoms with Gasteiger partial charge in [-0.15, -0.1) is 0 Å². The zero-order valence-electron chi connectivity index (χ0n) is 15.7. The predicted octanol–water partition coefficient (Wildman–Crippen LogP) is 6.23. The lowest BCUT2D eigenvalue weighted by Gasteiger charge is -2.54. The van der Waals surface area contributed by atoms with Gasteiger partial charge in [0.05, 0.1) is 0 Å². The second kappa shape index (κ2) is 7.50. The number of hydrogen-bond acceptors (Lipinski definition) is 2. The summed E-state index contributed by atoms with van der Waals surface area (Å²) in [6.07, 6.45) is 12.0. The van der Waals surface area contributed by atoms with Crippen molar-refractivity contribution < 1.29 is 18.3 Å². The average Bonchev–Trinajstić information content (AvgIpc) is 2.65. The Labute approximate surface area is 154 Å². The number of hydrogen-bond donors (Lipinski definition) is 0. The molecule has 0 amide bonds. The van der Waals surface area contributed by atoms with Crippen molar-refractivity contribution in [1.82, 2.24) is 0 Å². The summed E-state index contributed by atoms with van der Waals surface area (Å²) in [7, 11) is 0. The van der Waals surface area contributed by atoms with Gasteiger partial charge in [-0.3, -0.25) is 0 Å².